The second kappa shape index (κ2) is 10.1. The van der Waals surface area contributed by atoms with E-state index in [0.717, 1.165) is 22.3 Å². The Labute approximate surface area is 212 Å². The maximum absolute atomic E-state index is 14.4. The van der Waals surface area contributed by atoms with Gasteiger partial charge in [0.1, 0.15) is 0 Å². The molecule has 4 rings (SSSR count). The first-order valence-electron chi connectivity index (χ1n) is 12.3. The molecule has 0 heterocycles. The number of carbonyl (C=O) groups excluding carboxylic acids is 3. The molecule has 2 aliphatic carbocycles. The van der Waals surface area contributed by atoms with E-state index < -0.39 is 34.6 Å². The van der Waals surface area contributed by atoms with Crippen molar-refractivity contribution < 1.29 is 23.9 Å². The van der Waals surface area contributed by atoms with Crippen molar-refractivity contribution in [2.75, 3.05) is 13.2 Å². The fourth-order valence-electron chi connectivity index (χ4n) is 6.05. The van der Waals surface area contributed by atoms with Crippen molar-refractivity contribution in [1.82, 2.24) is 0 Å². The van der Waals surface area contributed by atoms with E-state index in [9.17, 15) is 14.4 Å². The number of Topliss-reactive ketones (excluding diaryl/α,β-unsaturated/α-hetero) is 1. The van der Waals surface area contributed by atoms with Gasteiger partial charge in [-0.25, -0.2) is 0 Å². The molecular formula is C31H32O5. The molecule has 0 aromatic heterocycles. The van der Waals surface area contributed by atoms with E-state index in [4.69, 9.17) is 9.47 Å². The average molecular weight is 485 g/mol. The molecule has 1 saturated carbocycles. The molecule has 5 nitrogen and oxygen atoms in total. The Morgan fingerprint density at radius 3 is 1.44 bits per heavy atom. The Kier molecular flexibility index (Phi) is 7.11. The fraction of sp³-hybridized carbons (Fsp3) is 0.323. The molecule has 2 aromatic rings. The van der Waals surface area contributed by atoms with Crippen molar-refractivity contribution in [3.05, 3.63) is 97.1 Å². The zero-order valence-electron chi connectivity index (χ0n) is 20.9. The fourth-order valence-corrected chi connectivity index (χ4v) is 6.05. The maximum atomic E-state index is 14.4. The predicted octanol–water partition coefficient (Wildman–Crippen LogP) is 5.68. The maximum Gasteiger partial charge on any atom is 0.311 e. The Hall–Kier alpha value is -3.73. The Morgan fingerprint density at radius 2 is 1.11 bits per heavy atom. The lowest BCUT2D eigenvalue weighted by atomic mass is 9.62. The molecule has 0 saturated heterocycles. The molecule has 4 atom stereocenters. The molecule has 36 heavy (non-hydrogen) atoms. The van der Waals surface area contributed by atoms with Gasteiger partial charge in [0, 0.05) is 0 Å². The summed E-state index contributed by atoms with van der Waals surface area (Å²) in [6.07, 6.45) is 4.27. The van der Waals surface area contributed by atoms with Crippen LogP contribution < -0.4 is 0 Å². The summed E-state index contributed by atoms with van der Waals surface area (Å²) in [5.41, 5.74) is 0.686. The van der Waals surface area contributed by atoms with Gasteiger partial charge in [-0.15, -0.1) is 13.2 Å². The van der Waals surface area contributed by atoms with Crippen molar-refractivity contribution in [3.63, 3.8) is 0 Å². The first kappa shape index (κ1) is 25.4. The molecular weight excluding hydrogens is 452 g/mol. The minimum atomic E-state index is -1.27. The highest BCUT2D eigenvalue weighted by Gasteiger charge is 2.76. The second-order valence-electron chi connectivity index (χ2n) is 9.66. The van der Waals surface area contributed by atoms with Crippen LogP contribution in [0.3, 0.4) is 0 Å². The summed E-state index contributed by atoms with van der Waals surface area (Å²) in [5.74, 6) is -3.33. The standard InChI is InChI=1S/C31H32O5/c1-5-7-19-35-27(32)25-26(28(33)36-20-8-6-2)31(4)24(22-17-13-10-14-18-22)23(30(25,3)29(31)34)21-15-11-9-12-16-21/h5-6,9-18,25-26H,1-2,7-8,19-20H2,3-4H3. The van der Waals surface area contributed by atoms with Crippen LogP contribution in [0.4, 0.5) is 0 Å². The van der Waals surface area contributed by atoms with Crippen molar-refractivity contribution in [2.24, 2.45) is 22.7 Å². The number of hydrogen-bond acceptors (Lipinski definition) is 5. The summed E-state index contributed by atoms with van der Waals surface area (Å²) >= 11 is 0. The quantitative estimate of drug-likeness (QED) is 0.247. The first-order chi connectivity index (χ1) is 17.3. The van der Waals surface area contributed by atoms with Crippen LogP contribution in [0, 0.1) is 22.7 Å². The van der Waals surface area contributed by atoms with Gasteiger partial charge in [0.2, 0.25) is 0 Å². The SMILES string of the molecule is C=CCCOC(=O)C1C(C(=O)OCCC=C)C2(C)C(=O)C1(C)C(c1ccccc1)=C2c1ccccc1. The van der Waals surface area contributed by atoms with Gasteiger partial charge in [-0.3, -0.25) is 14.4 Å². The van der Waals surface area contributed by atoms with Gasteiger partial charge >= 0.3 is 11.9 Å². The summed E-state index contributed by atoms with van der Waals surface area (Å²) in [6, 6.07) is 19.2. The van der Waals surface area contributed by atoms with Gasteiger partial charge in [-0.1, -0.05) is 72.8 Å². The molecule has 2 bridgehead atoms. The molecule has 0 amide bonds. The van der Waals surface area contributed by atoms with Gasteiger partial charge in [0.15, 0.2) is 5.78 Å². The number of benzene rings is 2. The normalized spacial score (nSPS) is 26.6. The van der Waals surface area contributed by atoms with Crippen LogP contribution in [0.2, 0.25) is 0 Å². The Balaban J connectivity index is 1.96. The third-order valence-corrected chi connectivity index (χ3v) is 7.57. The lowest BCUT2D eigenvalue weighted by Crippen LogP contribution is -2.44. The third-order valence-electron chi connectivity index (χ3n) is 7.57. The monoisotopic (exact) mass is 484 g/mol. The molecule has 0 spiro atoms. The Bertz CT molecular complexity index is 1120. The number of ketones is 1. The number of hydrogen-bond donors (Lipinski definition) is 0. The molecule has 0 radical (unpaired) electrons. The van der Waals surface area contributed by atoms with Crippen molar-refractivity contribution in [1.29, 1.82) is 0 Å². The van der Waals surface area contributed by atoms with E-state index >= 15 is 0 Å². The number of carbonyl (C=O) groups is 3. The molecule has 0 N–H and O–H groups in total. The summed E-state index contributed by atoms with van der Waals surface area (Å²) in [6.45, 7) is 11.2. The highest BCUT2D eigenvalue weighted by atomic mass is 16.5. The van der Waals surface area contributed by atoms with Crippen LogP contribution in [-0.2, 0) is 23.9 Å². The number of rotatable bonds is 10. The highest BCUT2D eigenvalue weighted by molar-refractivity contribution is 6.26. The van der Waals surface area contributed by atoms with Gasteiger partial charge in [-0.05, 0) is 49.0 Å². The Morgan fingerprint density at radius 1 is 0.750 bits per heavy atom. The molecule has 2 aliphatic rings. The van der Waals surface area contributed by atoms with E-state index in [1.807, 2.05) is 60.7 Å². The van der Waals surface area contributed by atoms with E-state index in [1.165, 1.54) is 0 Å². The largest absolute Gasteiger partial charge is 0.465 e. The molecule has 186 valence electrons. The first-order valence-corrected chi connectivity index (χ1v) is 12.3. The van der Waals surface area contributed by atoms with E-state index in [1.54, 1.807) is 26.0 Å². The van der Waals surface area contributed by atoms with Gasteiger partial charge < -0.3 is 9.47 Å². The van der Waals surface area contributed by atoms with E-state index in [-0.39, 0.29) is 19.0 Å². The molecule has 2 aromatic carbocycles. The average Bonchev–Trinajstić information content (AvgIpc) is 3.18. The van der Waals surface area contributed by atoms with Crippen molar-refractivity contribution in [3.8, 4) is 0 Å². The minimum Gasteiger partial charge on any atom is -0.465 e. The number of esters is 2. The third kappa shape index (κ3) is 3.83. The van der Waals surface area contributed by atoms with Crippen molar-refractivity contribution in [2.45, 2.75) is 26.7 Å². The topological polar surface area (TPSA) is 69.7 Å². The number of ether oxygens (including phenoxy) is 2. The van der Waals surface area contributed by atoms with Crippen LogP contribution in [0.15, 0.2) is 86.0 Å². The van der Waals surface area contributed by atoms with Crippen LogP contribution in [0.5, 0.6) is 0 Å². The lowest BCUT2D eigenvalue weighted by molar-refractivity contribution is -0.163. The number of allylic oxidation sites excluding steroid dienone is 2. The van der Waals surface area contributed by atoms with Crippen LogP contribution >= 0.6 is 0 Å². The number of fused-ring (bicyclic) bond motifs is 2. The van der Waals surface area contributed by atoms with Gasteiger partial charge in [0.05, 0.1) is 35.9 Å². The lowest BCUT2D eigenvalue weighted by Gasteiger charge is -2.39. The molecule has 4 unspecified atom stereocenters. The molecule has 1 fully saturated rings. The van der Waals surface area contributed by atoms with Gasteiger partial charge in [-0.2, -0.15) is 0 Å². The summed E-state index contributed by atoms with van der Waals surface area (Å²) < 4.78 is 11.2. The second-order valence-corrected chi connectivity index (χ2v) is 9.66. The summed E-state index contributed by atoms with van der Waals surface area (Å²) in [4.78, 5) is 41.6. The van der Waals surface area contributed by atoms with Crippen LogP contribution in [-0.4, -0.2) is 30.9 Å². The summed E-state index contributed by atoms with van der Waals surface area (Å²) in [7, 11) is 0. The predicted molar refractivity (Wildman–Crippen MR) is 139 cm³/mol. The highest BCUT2D eigenvalue weighted by Crippen LogP contribution is 2.71. The van der Waals surface area contributed by atoms with Crippen LogP contribution in [0.25, 0.3) is 11.1 Å². The zero-order valence-corrected chi connectivity index (χ0v) is 20.9. The minimum absolute atomic E-state index is 0.133. The van der Waals surface area contributed by atoms with E-state index in [2.05, 4.69) is 13.2 Å². The zero-order chi connectivity index (χ0) is 25.9. The molecule has 5 heteroatoms. The molecule has 0 aliphatic heterocycles. The van der Waals surface area contributed by atoms with E-state index in [0.29, 0.717) is 12.8 Å². The summed E-state index contributed by atoms with van der Waals surface area (Å²) in [5, 5.41) is 0. The van der Waals surface area contributed by atoms with Gasteiger partial charge in [0.25, 0.3) is 0 Å². The van der Waals surface area contributed by atoms with Crippen molar-refractivity contribution >= 4 is 28.9 Å². The van der Waals surface area contributed by atoms with Crippen LogP contribution in [0.1, 0.15) is 37.8 Å². The smallest absolute Gasteiger partial charge is 0.311 e.